The molecular weight excluding hydrogens is 553 g/mol. The number of benzene rings is 2. The Morgan fingerprint density at radius 2 is 1.67 bits per heavy atom. The molecule has 11 heteroatoms. The summed E-state index contributed by atoms with van der Waals surface area (Å²) in [6.45, 7) is 4.83. The molecular formula is C22H26BrCl2N3O4S. The molecule has 0 spiro atoms. The summed E-state index contributed by atoms with van der Waals surface area (Å²) < 4.78 is 26.8. The number of halogens is 3. The van der Waals surface area contributed by atoms with Gasteiger partial charge in [-0.25, -0.2) is 8.42 Å². The van der Waals surface area contributed by atoms with Gasteiger partial charge in [0.2, 0.25) is 21.8 Å². The van der Waals surface area contributed by atoms with Gasteiger partial charge in [-0.1, -0.05) is 51.3 Å². The van der Waals surface area contributed by atoms with Crippen molar-refractivity contribution in [2.45, 2.75) is 39.4 Å². The van der Waals surface area contributed by atoms with Crippen LogP contribution in [0, 0.1) is 0 Å². The molecule has 0 aromatic heterocycles. The van der Waals surface area contributed by atoms with E-state index in [4.69, 9.17) is 23.2 Å². The molecule has 1 N–H and O–H groups in total. The van der Waals surface area contributed by atoms with Crippen LogP contribution in [-0.4, -0.2) is 50.0 Å². The Morgan fingerprint density at radius 3 is 2.18 bits per heavy atom. The molecule has 0 bridgehead atoms. The molecule has 2 aromatic carbocycles. The third kappa shape index (κ3) is 8.17. The second-order valence-electron chi connectivity index (χ2n) is 7.89. The van der Waals surface area contributed by atoms with Crippen LogP contribution in [0.1, 0.15) is 26.3 Å². The van der Waals surface area contributed by atoms with E-state index < -0.39 is 28.5 Å². The maximum absolute atomic E-state index is 13.4. The number of carbonyl (C=O) groups excluding carboxylic acids is 2. The first-order valence-electron chi connectivity index (χ1n) is 10.1. The third-order valence-electron chi connectivity index (χ3n) is 4.65. The molecule has 2 amide bonds. The van der Waals surface area contributed by atoms with Crippen molar-refractivity contribution in [3.05, 3.63) is 62.5 Å². The fourth-order valence-corrected chi connectivity index (χ4v) is 4.91. The molecule has 0 aliphatic heterocycles. The highest BCUT2D eigenvalue weighted by molar-refractivity contribution is 9.10. The average Bonchev–Trinajstić information content (AvgIpc) is 2.67. The Labute approximate surface area is 213 Å². The summed E-state index contributed by atoms with van der Waals surface area (Å²) in [5, 5.41) is 3.26. The van der Waals surface area contributed by atoms with Crippen LogP contribution in [0.2, 0.25) is 10.0 Å². The first-order valence-corrected chi connectivity index (χ1v) is 13.5. The molecule has 1 atom stereocenters. The second kappa shape index (κ2) is 11.6. The van der Waals surface area contributed by atoms with Gasteiger partial charge in [0.15, 0.2) is 0 Å². The van der Waals surface area contributed by atoms with Crippen molar-refractivity contribution in [2.24, 2.45) is 0 Å². The number of hydrogen-bond donors (Lipinski definition) is 1. The minimum atomic E-state index is -3.86. The lowest BCUT2D eigenvalue weighted by Gasteiger charge is -2.32. The number of carbonyl (C=O) groups is 2. The first-order chi connectivity index (χ1) is 15.3. The fraction of sp³-hybridized carbons (Fsp3) is 0.364. The Kier molecular flexibility index (Phi) is 9.60. The topological polar surface area (TPSA) is 86.8 Å². The van der Waals surface area contributed by atoms with Crippen LogP contribution < -0.4 is 9.62 Å². The molecule has 1 unspecified atom stereocenters. The lowest BCUT2D eigenvalue weighted by molar-refractivity contribution is -0.139. The van der Waals surface area contributed by atoms with E-state index in [1.54, 1.807) is 6.92 Å². The molecule has 0 fully saturated rings. The average molecular weight is 579 g/mol. The second-order valence-corrected chi connectivity index (χ2v) is 11.6. The number of hydrogen-bond acceptors (Lipinski definition) is 4. The zero-order chi connectivity index (χ0) is 24.9. The van der Waals surface area contributed by atoms with Gasteiger partial charge in [0, 0.05) is 27.1 Å². The SMILES string of the molecule is CC(C)NC(=O)C(C)N(Cc1cccc(Br)c1)C(=O)CN(c1cc(Cl)cc(Cl)c1)S(C)(=O)=O. The minimum Gasteiger partial charge on any atom is -0.352 e. The molecule has 0 aliphatic rings. The number of rotatable bonds is 9. The van der Waals surface area contributed by atoms with Crippen LogP contribution in [-0.2, 0) is 26.2 Å². The Morgan fingerprint density at radius 1 is 1.06 bits per heavy atom. The van der Waals surface area contributed by atoms with Crippen molar-refractivity contribution >= 4 is 66.7 Å². The minimum absolute atomic E-state index is 0.110. The highest BCUT2D eigenvalue weighted by Gasteiger charge is 2.30. The van der Waals surface area contributed by atoms with E-state index in [1.165, 1.54) is 23.1 Å². The molecule has 0 heterocycles. The van der Waals surface area contributed by atoms with Crippen molar-refractivity contribution in [2.75, 3.05) is 17.1 Å². The van der Waals surface area contributed by atoms with Crippen molar-refractivity contribution in [3.8, 4) is 0 Å². The smallest absolute Gasteiger partial charge is 0.244 e. The predicted molar refractivity (Wildman–Crippen MR) is 136 cm³/mol. The van der Waals surface area contributed by atoms with Gasteiger partial charge in [-0.05, 0) is 56.7 Å². The molecule has 2 aromatic rings. The normalized spacial score (nSPS) is 12.4. The maximum atomic E-state index is 13.4. The van der Waals surface area contributed by atoms with Gasteiger partial charge in [-0.15, -0.1) is 0 Å². The summed E-state index contributed by atoms with van der Waals surface area (Å²) in [7, 11) is -3.86. The first kappa shape index (κ1) is 27.4. The van der Waals surface area contributed by atoms with Crippen LogP contribution in [0.4, 0.5) is 5.69 Å². The van der Waals surface area contributed by atoms with Crippen LogP contribution in [0.25, 0.3) is 0 Å². The summed E-state index contributed by atoms with van der Waals surface area (Å²) >= 11 is 15.5. The lowest BCUT2D eigenvalue weighted by Crippen LogP contribution is -2.52. The molecule has 0 aliphatic carbocycles. The highest BCUT2D eigenvalue weighted by Crippen LogP contribution is 2.27. The summed E-state index contributed by atoms with van der Waals surface area (Å²) in [4.78, 5) is 27.5. The van der Waals surface area contributed by atoms with Crippen molar-refractivity contribution in [3.63, 3.8) is 0 Å². The van der Waals surface area contributed by atoms with E-state index in [0.717, 1.165) is 20.6 Å². The highest BCUT2D eigenvalue weighted by atomic mass is 79.9. The number of amides is 2. The van der Waals surface area contributed by atoms with Crippen molar-refractivity contribution < 1.29 is 18.0 Å². The van der Waals surface area contributed by atoms with Gasteiger partial charge in [0.25, 0.3) is 0 Å². The molecule has 33 heavy (non-hydrogen) atoms. The third-order valence-corrected chi connectivity index (χ3v) is 6.72. The standard InChI is InChI=1S/C22H26BrCl2N3O4S/c1-14(2)26-22(30)15(3)27(12-16-6-5-7-17(23)8-16)21(29)13-28(33(4,31)32)20-10-18(24)9-19(25)11-20/h5-11,14-15H,12-13H2,1-4H3,(H,26,30). The van der Waals surface area contributed by atoms with Crippen LogP contribution >= 0.6 is 39.1 Å². The van der Waals surface area contributed by atoms with Gasteiger partial charge < -0.3 is 10.2 Å². The molecule has 0 saturated heterocycles. The van der Waals surface area contributed by atoms with Crippen LogP contribution in [0.3, 0.4) is 0 Å². The predicted octanol–water partition coefficient (Wildman–Crippen LogP) is 4.46. The molecule has 2 rings (SSSR count). The fourth-order valence-electron chi connectivity index (χ4n) is 3.12. The molecule has 7 nitrogen and oxygen atoms in total. The summed E-state index contributed by atoms with van der Waals surface area (Å²) in [5.41, 5.74) is 0.934. The van der Waals surface area contributed by atoms with E-state index in [9.17, 15) is 18.0 Å². The Balaban J connectivity index is 2.42. The Hall–Kier alpha value is -1.81. The molecule has 180 valence electrons. The van der Waals surface area contributed by atoms with Gasteiger partial charge in [0.1, 0.15) is 12.6 Å². The van der Waals surface area contributed by atoms with Gasteiger partial charge in [-0.3, -0.25) is 13.9 Å². The van der Waals surface area contributed by atoms with E-state index >= 15 is 0 Å². The van der Waals surface area contributed by atoms with E-state index in [1.807, 2.05) is 38.1 Å². The summed E-state index contributed by atoms with van der Waals surface area (Å²) in [5.74, 6) is -0.895. The number of sulfonamides is 1. The largest absolute Gasteiger partial charge is 0.352 e. The van der Waals surface area contributed by atoms with Crippen LogP contribution in [0.15, 0.2) is 46.9 Å². The van der Waals surface area contributed by atoms with Crippen LogP contribution in [0.5, 0.6) is 0 Å². The monoisotopic (exact) mass is 577 g/mol. The zero-order valence-corrected chi connectivity index (χ0v) is 22.6. The van der Waals surface area contributed by atoms with E-state index in [-0.39, 0.29) is 34.2 Å². The van der Waals surface area contributed by atoms with E-state index in [0.29, 0.717) is 0 Å². The van der Waals surface area contributed by atoms with Gasteiger partial charge >= 0.3 is 0 Å². The molecule has 0 radical (unpaired) electrons. The zero-order valence-electron chi connectivity index (χ0n) is 18.7. The van der Waals surface area contributed by atoms with Crippen molar-refractivity contribution in [1.29, 1.82) is 0 Å². The number of anilines is 1. The summed E-state index contributed by atoms with van der Waals surface area (Å²) in [6.07, 6.45) is 0.989. The Bertz CT molecular complexity index is 1110. The molecule has 0 saturated carbocycles. The van der Waals surface area contributed by atoms with Crippen molar-refractivity contribution in [1.82, 2.24) is 10.2 Å². The van der Waals surface area contributed by atoms with E-state index in [2.05, 4.69) is 21.2 Å². The summed E-state index contributed by atoms with van der Waals surface area (Å²) in [6, 6.07) is 10.6. The van der Waals surface area contributed by atoms with Gasteiger partial charge in [-0.2, -0.15) is 0 Å². The quantitative estimate of drug-likeness (QED) is 0.476. The lowest BCUT2D eigenvalue weighted by atomic mass is 10.1. The number of nitrogens with zero attached hydrogens (tertiary/aromatic N) is 2. The number of nitrogens with one attached hydrogen (secondary N) is 1. The van der Waals surface area contributed by atoms with Gasteiger partial charge in [0.05, 0.1) is 11.9 Å². The maximum Gasteiger partial charge on any atom is 0.244 e.